The number of ether oxygens (including phenoxy) is 2. The lowest BCUT2D eigenvalue weighted by atomic mass is 9.57. The van der Waals surface area contributed by atoms with Crippen molar-refractivity contribution in [3.05, 3.63) is 0 Å². The van der Waals surface area contributed by atoms with Crippen molar-refractivity contribution in [1.29, 1.82) is 0 Å². The fraction of sp³-hybridized carbons (Fsp3) is 0.938. The molecule has 4 rings (SSSR count). The number of fused-ring (bicyclic) bond motifs is 3. The Morgan fingerprint density at radius 3 is 2.53 bits per heavy atom. The van der Waals surface area contributed by atoms with Crippen molar-refractivity contribution < 1.29 is 14.3 Å². The number of Topliss-reactive ketones (excluding diaryl/α,β-unsaturated/α-hetero) is 1. The maximum Gasteiger partial charge on any atom is 0.168 e. The van der Waals surface area contributed by atoms with Gasteiger partial charge in [-0.15, -0.1) is 0 Å². The van der Waals surface area contributed by atoms with E-state index in [1.54, 1.807) is 0 Å². The Morgan fingerprint density at radius 2 is 1.68 bits per heavy atom. The first-order chi connectivity index (χ1) is 9.26. The first kappa shape index (κ1) is 12.3. The van der Waals surface area contributed by atoms with Gasteiger partial charge in [-0.1, -0.05) is 0 Å². The van der Waals surface area contributed by atoms with Gasteiger partial charge in [0.15, 0.2) is 5.79 Å². The minimum Gasteiger partial charge on any atom is -0.348 e. The molecule has 0 N–H and O–H groups in total. The van der Waals surface area contributed by atoms with Gasteiger partial charge < -0.3 is 9.47 Å². The molecule has 3 nitrogen and oxygen atoms in total. The Balaban J connectivity index is 1.49. The molecule has 0 radical (unpaired) electrons. The molecule has 0 aromatic heterocycles. The zero-order valence-corrected chi connectivity index (χ0v) is 11.6. The average molecular weight is 264 g/mol. The second-order valence-corrected chi connectivity index (χ2v) is 7.06. The summed E-state index contributed by atoms with van der Waals surface area (Å²) < 4.78 is 11.8. The molecule has 1 saturated heterocycles. The van der Waals surface area contributed by atoms with Gasteiger partial charge in [0.25, 0.3) is 0 Å². The normalized spacial score (nSPS) is 44.9. The first-order valence-electron chi connectivity index (χ1n) is 8.05. The van der Waals surface area contributed by atoms with Crippen LogP contribution in [0, 0.1) is 23.7 Å². The van der Waals surface area contributed by atoms with E-state index < -0.39 is 0 Å². The van der Waals surface area contributed by atoms with E-state index in [4.69, 9.17) is 9.47 Å². The summed E-state index contributed by atoms with van der Waals surface area (Å²) in [7, 11) is 0. The summed E-state index contributed by atoms with van der Waals surface area (Å²) in [6, 6.07) is 0. The van der Waals surface area contributed by atoms with Crippen molar-refractivity contribution in [3.8, 4) is 0 Å². The molecular weight excluding hydrogens is 240 g/mol. The van der Waals surface area contributed by atoms with E-state index in [2.05, 4.69) is 0 Å². The van der Waals surface area contributed by atoms with E-state index in [1.807, 2.05) is 0 Å². The van der Waals surface area contributed by atoms with E-state index in [0.29, 0.717) is 11.7 Å². The highest BCUT2D eigenvalue weighted by Gasteiger charge is 2.50. The molecule has 1 spiro atoms. The molecule has 4 aliphatic rings. The van der Waals surface area contributed by atoms with Crippen LogP contribution >= 0.6 is 0 Å². The van der Waals surface area contributed by atoms with E-state index in [0.717, 1.165) is 63.1 Å². The van der Waals surface area contributed by atoms with Gasteiger partial charge in [0.1, 0.15) is 5.78 Å². The highest BCUT2D eigenvalue weighted by atomic mass is 16.7. The number of ketones is 1. The van der Waals surface area contributed by atoms with Crippen molar-refractivity contribution in [2.24, 2.45) is 23.7 Å². The van der Waals surface area contributed by atoms with Crippen molar-refractivity contribution in [2.45, 2.75) is 57.2 Å². The lowest BCUT2D eigenvalue weighted by Crippen LogP contribution is -2.47. The van der Waals surface area contributed by atoms with Crippen LogP contribution in [-0.4, -0.2) is 24.8 Å². The zero-order chi connectivity index (χ0) is 12.9. The third-order valence-electron chi connectivity index (χ3n) is 6.16. The van der Waals surface area contributed by atoms with Crippen LogP contribution in [0.15, 0.2) is 0 Å². The van der Waals surface area contributed by atoms with Crippen molar-refractivity contribution in [2.75, 3.05) is 13.2 Å². The molecule has 1 aliphatic heterocycles. The molecule has 3 heteroatoms. The van der Waals surface area contributed by atoms with Crippen LogP contribution in [0.5, 0.6) is 0 Å². The van der Waals surface area contributed by atoms with Gasteiger partial charge in [0.2, 0.25) is 0 Å². The Hall–Kier alpha value is -0.410. The van der Waals surface area contributed by atoms with Crippen LogP contribution in [0.3, 0.4) is 0 Å². The molecule has 3 aliphatic carbocycles. The van der Waals surface area contributed by atoms with Crippen LogP contribution in [0.4, 0.5) is 0 Å². The summed E-state index contributed by atoms with van der Waals surface area (Å²) in [5.74, 6) is 3.41. The van der Waals surface area contributed by atoms with Gasteiger partial charge >= 0.3 is 0 Å². The predicted molar refractivity (Wildman–Crippen MR) is 70.5 cm³/mol. The summed E-state index contributed by atoms with van der Waals surface area (Å²) >= 11 is 0. The SMILES string of the molecule is O=C1CCC2C(CC[C@@H]3CC4(CC[C@@H]23)OCCO4)C1. The summed E-state index contributed by atoms with van der Waals surface area (Å²) in [5, 5.41) is 0. The van der Waals surface area contributed by atoms with Crippen molar-refractivity contribution in [3.63, 3.8) is 0 Å². The summed E-state index contributed by atoms with van der Waals surface area (Å²) in [6.45, 7) is 1.55. The zero-order valence-electron chi connectivity index (χ0n) is 11.6. The molecule has 3 saturated carbocycles. The van der Waals surface area contributed by atoms with E-state index in [9.17, 15) is 4.79 Å². The molecule has 0 aromatic carbocycles. The number of hydrogen-bond donors (Lipinski definition) is 0. The monoisotopic (exact) mass is 264 g/mol. The van der Waals surface area contributed by atoms with Crippen LogP contribution in [0.2, 0.25) is 0 Å². The maximum absolute atomic E-state index is 11.6. The summed E-state index contributed by atoms with van der Waals surface area (Å²) in [5.41, 5.74) is 0. The minimum atomic E-state index is -0.224. The van der Waals surface area contributed by atoms with Crippen LogP contribution in [0.25, 0.3) is 0 Å². The third kappa shape index (κ3) is 2.06. The number of carbonyl (C=O) groups is 1. The molecule has 0 bridgehead atoms. The lowest BCUT2D eigenvalue weighted by Gasteiger charge is -2.50. The van der Waals surface area contributed by atoms with E-state index >= 15 is 0 Å². The first-order valence-corrected chi connectivity index (χ1v) is 8.05. The average Bonchev–Trinajstić information content (AvgIpc) is 2.86. The highest BCUT2D eigenvalue weighted by molar-refractivity contribution is 5.79. The maximum atomic E-state index is 11.6. The molecule has 4 fully saturated rings. The third-order valence-corrected chi connectivity index (χ3v) is 6.16. The smallest absolute Gasteiger partial charge is 0.168 e. The number of rotatable bonds is 0. The molecule has 106 valence electrons. The fourth-order valence-corrected chi connectivity index (χ4v) is 5.33. The van der Waals surface area contributed by atoms with Gasteiger partial charge in [-0.05, 0) is 49.4 Å². The Bertz CT molecular complexity index is 372. The largest absolute Gasteiger partial charge is 0.348 e. The summed E-state index contributed by atoms with van der Waals surface area (Å²) in [4.78, 5) is 11.6. The van der Waals surface area contributed by atoms with Gasteiger partial charge in [-0.25, -0.2) is 0 Å². The fourth-order valence-electron chi connectivity index (χ4n) is 5.33. The van der Waals surface area contributed by atoms with Crippen molar-refractivity contribution >= 4 is 5.78 Å². The molecule has 2 unspecified atom stereocenters. The van der Waals surface area contributed by atoms with Crippen LogP contribution in [-0.2, 0) is 14.3 Å². The predicted octanol–water partition coefficient (Wildman–Crippen LogP) is 2.93. The molecule has 4 atom stereocenters. The quantitative estimate of drug-likeness (QED) is 0.675. The van der Waals surface area contributed by atoms with Gasteiger partial charge in [0.05, 0.1) is 13.2 Å². The molecule has 1 heterocycles. The highest BCUT2D eigenvalue weighted by Crippen LogP contribution is 2.54. The minimum absolute atomic E-state index is 0.224. The van der Waals surface area contributed by atoms with E-state index in [-0.39, 0.29) is 5.79 Å². The molecule has 19 heavy (non-hydrogen) atoms. The molecular formula is C16H24O3. The summed E-state index contributed by atoms with van der Waals surface area (Å²) in [6.07, 6.45) is 8.83. The lowest BCUT2D eigenvalue weighted by molar-refractivity contribution is -0.205. The van der Waals surface area contributed by atoms with Gasteiger partial charge in [0, 0.05) is 25.7 Å². The standard InChI is InChI=1S/C16H24O3/c17-13-3-4-14-11(9-13)1-2-12-10-16(6-5-15(12)14)18-7-8-19-16/h11-12,14-15H,1-10H2/t11?,12-,14?,15-/m1/s1. The van der Waals surface area contributed by atoms with Crippen LogP contribution < -0.4 is 0 Å². The molecule has 0 amide bonds. The Labute approximate surface area is 115 Å². The Morgan fingerprint density at radius 1 is 0.947 bits per heavy atom. The van der Waals surface area contributed by atoms with Crippen LogP contribution in [0.1, 0.15) is 51.4 Å². The van der Waals surface area contributed by atoms with Gasteiger partial charge in [-0.2, -0.15) is 0 Å². The van der Waals surface area contributed by atoms with Gasteiger partial charge in [-0.3, -0.25) is 4.79 Å². The Kier molecular flexibility index (Phi) is 2.96. The second-order valence-electron chi connectivity index (χ2n) is 7.06. The topological polar surface area (TPSA) is 35.5 Å². The number of hydrogen-bond acceptors (Lipinski definition) is 3. The van der Waals surface area contributed by atoms with Crippen molar-refractivity contribution in [1.82, 2.24) is 0 Å². The molecule has 0 aromatic rings. The van der Waals surface area contributed by atoms with E-state index in [1.165, 1.54) is 19.3 Å². The number of carbonyl (C=O) groups excluding carboxylic acids is 1. The second kappa shape index (κ2) is 4.56.